The van der Waals surface area contributed by atoms with Crippen LogP contribution < -0.4 is 5.32 Å². The van der Waals surface area contributed by atoms with Crippen LogP contribution in [-0.4, -0.2) is 54.2 Å². The Morgan fingerprint density at radius 1 is 1.04 bits per heavy atom. The van der Waals surface area contributed by atoms with Crippen molar-refractivity contribution < 1.29 is 23.9 Å². The zero-order chi connectivity index (χ0) is 19.3. The molecule has 148 valence electrons. The lowest BCUT2D eigenvalue weighted by Crippen LogP contribution is -2.55. The number of nitrogens with zero attached hydrogens (tertiary/aromatic N) is 1. The van der Waals surface area contributed by atoms with Gasteiger partial charge in [0, 0.05) is 6.54 Å². The summed E-state index contributed by atoms with van der Waals surface area (Å²) in [5, 5.41) is 2.79. The topological polar surface area (TPSA) is 84.9 Å². The number of alkyl carbamates (subject to hydrolysis) is 1. The zero-order valence-electron chi connectivity index (χ0n) is 16.4. The smallest absolute Gasteiger partial charge is 0.408 e. The van der Waals surface area contributed by atoms with Gasteiger partial charge in [0.15, 0.2) is 0 Å². The fraction of sp³-hybridized carbons (Fsp3) is 0.842. The van der Waals surface area contributed by atoms with Gasteiger partial charge in [-0.25, -0.2) is 9.59 Å². The number of hydrogen-bond donors (Lipinski definition) is 1. The number of esters is 1. The van der Waals surface area contributed by atoms with Crippen LogP contribution >= 0.6 is 0 Å². The molecule has 2 aliphatic rings. The van der Waals surface area contributed by atoms with Gasteiger partial charge in [-0.3, -0.25) is 4.79 Å². The first-order valence-electron chi connectivity index (χ1n) is 9.61. The summed E-state index contributed by atoms with van der Waals surface area (Å²) in [4.78, 5) is 39.1. The van der Waals surface area contributed by atoms with Gasteiger partial charge >= 0.3 is 12.1 Å². The number of amides is 2. The Balaban J connectivity index is 2.15. The summed E-state index contributed by atoms with van der Waals surface area (Å²) in [5.41, 5.74) is -0.632. The van der Waals surface area contributed by atoms with Crippen molar-refractivity contribution in [2.75, 3.05) is 13.7 Å². The van der Waals surface area contributed by atoms with Crippen molar-refractivity contribution in [2.45, 2.75) is 83.4 Å². The molecule has 2 amide bonds. The van der Waals surface area contributed by atoms with Crippen molar-refractivity contribution in [2.24, 2.45) is 5.92 Å². The molecule has 1 unspecified atom stereocenters. The summed E-state index contributed by atoms with van der Waals surface area (Å²) in [7, 11) is 1.33. The van der Waals surface area contributed by atoms with Crippen molar-refractivity contribution in [3.63, 3.8) is 0 Å². The maximum Gasteiger partial charge on any atom is 0.408 e. The highest BCUT2D eigenvalue weighted by Crippen LogP contribution is 2.29. The van der Waals surface area contributed by atoms with E-state index in [1.54, 1.807) is 25.7 Å². The van der Waals surface area contributed by atoms with Crippen LogP contribution in [0.25, 0.3) is 0 Å². The van der Waals surface area contributed by atoms with Gasteiger partial charge in [-0.2, -0.15) is 0 Å². The van der Waals surface area contributed by atoms with Gasteiger partial charge in [0.05, 0.1) is 7.11 Å². The molecule has 1 aliphatic carbocycles. The predicted molar refractivity (Wildman–Crippen MR) is 96.5 cm³/mol. The molecule has 1 N–H and O–H groups in total. The van der Waals surface area contributed by atoms with Crippen LogP contribution in [0.3, 0.4) is 0 Å². The number of carbonyl (C=O) groups is 3. The molecule has 2 fully saturated rings. The van der Waals surface area contributed by atoms with Gasteiger partial charge in [-0.1, -0.05) is 19.3 Å². The molecular weight excluding hydrogens is 336 g/mol. The van der Waals surface area contributed by atoms with Crippen LogP contribution in [0.2, 0.25) is 0 Å². The molecule has 1 heterocycles. The van der Waals surface area contributed by atoms with E-state index < -0.39 is 29.7 Å². The van der Waals surface area contributed by atoms with E-state index in [2.05, 4.69) is 5.32 Å². The van der Waals surface area contributed by atoms with Gasteiger partial charge in [0.2, 0.25) is 5.91 Å². The second-order valence-electron chi connectivity index (χ2n) is 8.23. The summed E-state index contributed by atoms with van der Waals surface area (Å²) in [6, 6.07) is -1.21. The molecule has 26 heavy (non-hydrogen) atoms. The van der Waals surface area contributed by atoms with Gasteiger partial charge in [-0.05, 0) is 52.4 Å². The van der Waals surface area contributed by atoms with E-state index in [1.165, 1.54) is 7.11 Å². The Kier molecular flexibility index (Phi) is 6.89. The summed E-state index contributed by atoms with van der Waals surface area (Å²) in [6.07, 6.45) is 5.80. The highest BCUT2D eigenvalue weighted by molar-refractivity contribution is 5.90. The number of hydrogen-bond acceptors (Lipinski definition) is 5. The molecule has 2 atom stereocenters. The average molecular weight is 368 g/mol. The van der Waals surface area contributed by atoms with Crippen LogP contribution in [-0.2, 0) is 19.1 Å². The monoisotopic (exact) mass is 368 g/mol. The van der Waals surface area contributed by atoms with E-state index >= 15 is 0 Å². The second-order valence-corrected chi connectivity index (χ2v) is 8.23. The number of likely N-dealkylation sites (tertiary alicyclic amines) is 1. The van der Waals surface area contributed by atoms with Crippen LogP contribution in [0.15, 0.2) is 0 Å². The van der Waals surface area contributed by atoms with Crippen LogP contribution in [0, 0.1) is 5.92 Å². The first-order chi connectivity index (χ1) is 12.2. The van der Waals surface area contributed by atoms with E-state index in [0.717, 1.165) is 38.5 Å². The largest absolute Gasteiger partial charge is 0.467 e. The van der Waals surface area contributed by atoms with E-state index in [9.17, 15) is 14.4 Å². The first-order valence-corrected chi connectivity index (χ1v) is 9.61. The normalized spacial score (nSPS) is 22.6. The van der Waals surface area contributed by atoms with Crippen LogP contribution in [0.5, 0.6) is 0 Å². The maximum absolute atomic E-state index is 13.2. The zero-order valence-corrected chi connectivity index (χ0v) is 16.4. The maximum atomic E-state index is 13.2. The third-order valence-corrected chi connectivity index (χ3v) is 5.07. The Hall–Kier alpha value is -1.79. The Morgan fingerprint density at radius 3 is 2.27 bits per heavy atom. The fourth-order valence-electron chi connectivity index (χ4n) is 3.87. The van der Waals surface area contributed by atoms with Crippen molar-refractivity contribution in [3.05, 3.63) is 0 Å². The lowest BCUT2D eigenvalue weighted by molar-refractivity contribution is -0.152. The van der Waals surface area contributed by atoms with Crippen molar-refractivity contribution >= 4 is 18.0 Å². The van der Waals surface area contributed by atoms with Crippen molar-refractivity contribution in [1.29, 1.82) is 0 Å². The number of ether oxygens (including phenoxy) is 2. The summed E-state index contributed by atoms with van der Waals surface area (Å²) in [6.45, 7) is 5.88. The Morgan fingerprint density at radius 2 is 1.69 bits per heavy atom. The lowest BCUT2D eigenvalue weighted by Gasteiger charge is -2.34. The summed E-state index contributed by atoms with van der Waals surface area (Å²) < 4.78 is 10.2. The highest BCUT2D eigenvalue weighted by Gasteiger charge is 2.41. The molecule has 1 aliphatic heterocycles. The molecule has 2 rings (SSSR count). The van der Waals surface area contributed by atoms with Crippen LogP contribution in [0.4, 0.5) is 4.79 Å². The first kappa shape index (κ1) is 20.5. The highest BCUT2D eigenvalue weighted by atomic mass is 16.6. The van der Waals surface area contributed by atoms with E-state index in [1.807, 2.05) is 0 Å². The molecule has 0 radical (unpaired) electrons. The van der Waals surface area contributed by atoms with Gasteiger partial charge in [0.1, 0.15) is 17.7 Å². The van der Waals surface area contributed by atoms with Crippen molar-refractivity contribution in [3.8, 4) is 0 Å². The Labute approximate surface area is 155 Å². The minimum Gasteiger partial charge on any atom is -0.467 e. The second kappa shape index (κ2) is 8.73. The average Bonchev–Trinajstić information content (AvgIpc) is 3.07. The van der Waals surface area contributed by atoms with E-state index in [-0.39, 0.29) is 11.8 Å². The molecule has 1 saturated heterocycles. The van der Waals surface area contributed by atoms with Gasteiger partial charge in [0.25, 0.3) is 0 Å². The number of methoxy groups -OCH3 is 1. The molecule has 7 nitrogen and oxygen atoms in total. The molecule has 0 bridgehead atoms. The molecule has 0 aromatic carbocycles. The van der Waals surface area contributed by atoms with Crippen LogP contribution in [0.1, 0.15) is 65.7 Å². The van der Waals surface area contributed by atoms with E-state index in [4.69, 9.17) is 9.47 Å². The quantitative estimate of drug-likeness (QED) is 0.771. The molecule has 0 aromatic heterocycles. The molecular formula is C19H32N2O5. The molecule has 7 heteroatoms. The van der Waals surface area contributed by atoms with Gasteiger partial charge in [-0.15, -0.1) is 0 Å². The molecule has 0 spiro atoms. The minimum atomic E-state index is -0.657. The van der Waals surface area contributed by atoms with Crippen molar-refractivity contribution in [1.82, 2.24) is 10.2 Å². The summed E-state index contributed by atoms with van der Waals surface area (Å²) in [5.74, 6) is -0.520. The third kappa shape index (κ3) is 5.35. The van der Waals surface area contributed by atoms with E-state index in [0.29, 0.717) is 13.0 Å². The molecule has 1 saturated carbocycles. The Bertz CT molecular complexity index is 523. The minimum absolute atomic E-state index is 0.0719. The third-order valence-electron chi connectivity index (χ3n) is 5.07. The molecule has 0 aromatic rings. The number of carbonyl (C=O) groups excluding carboxylic acids is 3. The van der Waals surface area contributed by atoms with Gasteiger partial charge < -0.3 is 19.7 Å². The standard InChI is InChI=1S/C19H32N2O5/c1-19(2,3)26-18(24)20-15(13-9-6-5-7-10-13)16(22)21-12-8-11-14(21)17(23)25-4/h13-15H,5-12H2,1-4H3,(H,20,24)/t14?,15-/m0/s1. The summed E-state index contributed by atoms with van der Waals surface area (Å²) >= 11 is 0. The fourth-order valence-corrected chi connectivity index (χ4v) is 3.87. The lowest BCUT2D eigenvalue weighted by atomic mass is 9.83. The predicted octanol–water partition coefficient (Wildman–Crippen LogP) is 2.62. The number of nitrogens with one attached hydrogen (secondary N) is 1. The SMILES string of the molecule is COC(=O)C1CCCN1C(=O)[C@@H](NC(=O)OC(C)(C)C)C1CCCCC1. The number of rotatable bonds is 4.